The predicted molar refractivity (Wildman–Crippen MR) is 140 cm³/mol. The molecule has 190 valence electrons. The van der Waals surface area contributed by atoms with Crippen molar-refractivity contribution in [3.8, 4) is 0 Å². The van der Waals surface area contributed by atoms with Crippen molar-refractivity contribution in [1.82, 2.24) is 5.32 Å². The number of ether oxygens (including phenoxy) is 2. The third-order valence-corrected chi connectivity index (χ3v) is 10.7. The third kappa shape index (κ3) is 12.1. The standard InChI is InChI=1S/C27H49NO4Si/c1-10-11-12-16-19-24(32-33(8,9)27(5,6)7)23(28-25(29)31-26(2,3)4)21-30-20-22-17-14-13-15-18-22/h13-15,17-18,23-24H,10-12,16,19-21H2,1-9H3,(H,28,29)/t23-,24+/m0/s1. The number of rotatable bonds is 13. The lowest BCUT2D eigenvalue weighted by molar-refractivity contribution is 0.0200. The SMILES string of the molecule is CCCCCC[C@@H](O[Si](C)(C)C(C)(C)C)[C@H](COCc1ccccc1)NC(=O)OC(C)(C)C. The van der Waals surface area contributed by atoms with Gasteiger partial charge in [-0.15, -0.1) is 0 Å². The van der Waals surface area contributed by atoms with Crippen molar-refractivity contribution < 1.29 is 18.7 Å². The molecule has 0 aliphatic heterocycles. The van der Waals surface area contributed by atoms with Crippen LogP contribution in [-0.4, -0.2) is 38.8 Å². The van der Waals surface area contributed by atoms with Gasteiger partial charge in [0.2, 0.25) is 0 Å². The molecule has 6 heteroatoms. The minimum atomic E-state index is -2.05. The van der Waals surface area contributed by atoms with Gasteiger partial charge in [-0.2, -0.15) is 0 Å². The van der Waals surface area contributed by atoms with Crippen molar-refractivity contribution in [2.45, 2.75) is 123 Å². The molecular weight excluding hydrogens is 430 g/mol. The highest BCUT2D eigenvalue weighted by Crippen LogP contribution is 2.38. The molecule has 0 bridgehead atoms. The zero-order chi connectivity index (χ0) is 25.1. The van der Waals surface area contributed by atoms with E-state index < -0.39 is 20.0 Å². The molecule has 0 radical (unpaired) electrons. The largest absolute Gasteiger partial charge is 0.444 e. The second-order valence-corrected chi connectivity index (χ2v) is 16.3. The van der Waals surface area contributed by atoms with Crippen molar-refractivity contribution in [3.05, 3.63) is 35.9 Å². The summed E-state index contributed by atoms with van der Waals surface area (Å²) in [5.41, 5.74) is 0.550. The van der Waals surface area contributed by atoms with E-state index in [1.807, 2.05) is 51.1 Å². The van der Waals surface area contributed by atoms with Gasteiger partial charge in [0.25, 0.3) is 0 Å². The summed E-state index contributed by atoms with van der Waals surface area (Å²) < 4.78 is 18.5. The molecule has 0 saturated heterocycles. The highest BCUT2D eigenvalue weighted by Gasteiger charge is 2.41. The quantitative estimate of drug-likeness (QED) is 0.236. The molecule has 0 heterocycles. The molecule has 0 aromatic heterocycles. The average Bonchev–Trinajstić information content (AvgIpc) is 2.68. The second kappa shape index (κ2) is 13.5. The summed E-state index contributed by atoms with van der Waals surface area (Å²) in [7, 11) is -2.05. The molecule has 0 saturated carbocycles. The van der Waals surface area contributed by atoms with Crippen LogP contribution in [0.4, 0.5) is 4.79 Å². The lowest BCUT2D eigenvalue weighted by Gasteiger charge is -2.41. The van der Waals surface area contributed by atoms with E-state index in [4.69, 9.17) is 13.9 Å². The van der Waals surface area contributed by atoms with Gasteiger partial charge in [-0.05, 0) is 50.9 Å². The molecule has 0 fully saturated rings. The van der Waals surface area contributed by atoms with Gasteiger partial charge in [0, 0.05) is 0 Å². The maximum absolute atomic E-state index is 12.7. The van der Waals surface area contributed by atoms with Crippen LogP contribution in [-0.2, 0) is 20.5 Å². The van der Waals surface area contributed by atoms with Crippen LogP contribution in [0.5, 0.6) is 0 Å². The molecule has 33 heavy (non-hydrogen) atoms. The Balaban J connectivity index is 3.03. The first kappa shape index (κ1) is 29.7. The fourth-order valence-electron chi connectivity index (χ4n) is 3.25. The van der Waals surface area contributed by atoms with Crippen LogP contribution in [0.25, 0.3) is 0 Å². The molecule has 1 rings (SSSR count). The number of carbonyl (C=O) groups excluding carboxylic acids is 1. The van der Waals surface area contributed by atoms with Crippen LogP contribution in [0, 0.1) is 0 Å². The molecule has 1 aromatic rings. The van der Waals surface area contributed by atoms with Gasteiger partial charge in [-0.1, -0.05) is 83.7 Å². The van der Waals surface area contributed by atoms with E-state index in [9.17, 15) is 4.79 Å². The van der Waals surface area contributed by atoms with Gasteiger partial charge in [0.05, 0.1) is 25.4 Å². The van der Waals surface area contributed by atoms with Gasteiger partial charge in [-0.25, -0.2) is 4.79 Å². The Kier molecular flexibility index (Phi) is 12.1. The molecule has 1 amide bonds. The van der Waals surface area contributed by atoms with Crippen LogP contribution in [0.15, 0.2) is 30.3 Å². The number of nitrogens with one attached hydrogen (secondary N) is 1. The van der Waals surface area contributed by atoms with Gasteiger partial charge >= 0.3 is 6.09 Å². The Morgan fingerprint density at radius 3 is 2.18 bits per heavy atom. The van der Waals surface area contributed by atoms with Crippen molar-refractivity contribution in [2.75, 3.05) is 6.61 Å². The number of benzene rings is 1. The minimum Gasteiger partial charge on any atom is -0.444 e. The van der Waals surface area contributed by atoms with E-state index in [2.05, 4.69) is 46.1 Å². The molecule has 0 unspecified atom stereocenters. The maximum Gasteiger partial charge on any atom is 0.408 e. The second-order valence-electron chi connectivity index (χ2n) is 11.5. The minimum absolute atomic E-state index is 0.0794. The van der Waals surface area contributed by atoms with Crippen molar-refractivity contribution in [2.24, 2.45) is 0 Å². The zero-order valence-electron chi connectivity index (χ0n) is 22.6. The molecule has 0 aliphatic rings. The van der Waals surface area contributed by atoms with Gasteiger partial charge in [0.1, 0.15) is 5.60 Å². The fraction of sp³-hybridized carbons (Fsp3) is 0.741. The zero-order valence-corrected chi connectivity index (χ0v) is 23.6. The molecule has 1 N–H and O–H groups in total. The Labute approximate surface area is 204 Å². The Morgan fingerprint density at radius 2 is 1.64 bits per heavy atom. The molecule has 1 aromatic carbocycles. The summed E-state index contributed by atoms with van der Waals surface area (Å²) in [6.45, 7) is 20.0. The highest BCUT2D eigenvalue weighted by atomic mass is 28.4. The van der Waals surface area contributed by atoms with Crippen LogP contribution >= 0.6 is 0 Å². The molecule has 0 spiro atoms. The van der Waals surface area contributed by atoms with E-state index in [0.29, 0.717) is 13.2 Å². The van der Waals surface area contributed by atoms with Crippen LogP contribution in [0.2, 0.25) is 18.1 Å². The summed E-state index contributed by atoms with van der Waals surface area (Å²) in [4.78, 5) is 12.7. The number of hydrogen-bond donors (Lipinski definition) is 1. The molecule has 5 nitrogen and oxygen atoms in total. The van der Waals surface area contributed by atoms with E-state index >= 15 is 0 Å². The number of unbranched alkanes of at least 4 members (excludes halogenated alkanes) is 3. The summed E-state index contributed by atoms with van der Waals surface area (Å²) in [5.74, 6) is 0. The molecule has 2 atom stereocenters. The number of carbonyl (C=O) groups is 1. The third-order valence-electron chi connectivity index (χ3n) is 6.15. The number of hydrogen-bond acceptors (Lipinski definition) is 4. The van der Waals surface area contributed by atoms with E-state index in [0.717, 1.165) is 24.8 Å². The van der Waals surface area contributed by atoms with E-state index in [-0.39, 0.29) is 17.2 Å². The van der Waals surface area contributed by atoms with Crippen molar-refractivity contribution in [1.29, 1.82) is 0 Å². The fourth-order valence-corrected chi connectivity index (χ4v) is 4.64. The highest BCUT2D eigenvalue weighted by molar-refractivity contribution is 6.74. The Hall–Kier alpha value is -1.37. The first-order chi connectivity index (χ1) is 15.2. The predicted octanol–water partition coefficient (Wildman–Crippen LogP) is 7.46. The van der Waals surface area contributed by atoms with Crippen LogP contribution < -0.4 is 5.32 Å². The summed E-state index contributed by atoms with van der Waals surface area (Å²) in [6, 6.07) is 9.82. The van der Waals surface area contributed by atoms with E-state index in [1.54, 1.807) is 0 Å². The lowest BCUT2D eigenvalue weighted by Crippen LogP contribution is -2.54. The average molecular weight is 480 g/mol. The Morgan fingerprint density at radius 1 is 1.00 bits per heavy atom. The molecular formula is C27H49NO4Si. The summed E-state index contributed by atoms with van der Waals surface area (Å²) in [5, 5.41) is 3.17. The smallest absolute Gasteiger partial charge is 0.408 e. The lowest BCUT2D eigenvalue weighted by atomic mass is 10.0. The first-order valence-corrected chi connectivity index (χ1v) is 15.4. The topological polar surface area (TPSA) is 56.8 Å². The van der Waals surface area contributed by atoms with Gasteiger partial charge in [-0.3, -0.25) is 0 Å². The summed E-state index contributed by atoms with van der Waals surface area (Å²) in [6.07, 6.45) is 4.98. The summed E-state index contributed by atoms with van der Waals surface area (Å²) >= 11 is 0. The first-order valence-electron chi connectivity index (χ1n) is 12.5. The monoisotopic (exact) mass is 479 g/mol. The van der Waals surface area contributed by atoms with Crippen molar-refractivity contribution in [3.63, 3.8) is 0 Å². The van der Waals surface area contributed by atoms with Crippen LogP contribution in [0.1, 0.15) is 86.1 Å². The molecule has 0 aliphatic carbocycles. The van der Waals surface area contributed by atoms with Crippen molar-refractivity contribution >= 4 is 14.4 Å². The van der Waals surface area contributed by atoms with Crippen LogP contribution in [0.3, 0.4) is 0 Å². The maximum atomic E-state index is 12.7. The van der Waals surface area contributed by atoms with Gasteiger partial charge < -0.3 is 19.2 Å². The van der Waals surface area contributed by atoms with E-state index in [1.165, 1.54) is 12.8 Å². The normalized spacial score (nSPS) is 14.6. The number of alkyl carbamates (subject to hydrolysis) is 1. The Bertz CT molecular complexity index is 680. The van der Waals surface area contributed by atoms with Gasteiger partial charge in [0.15, 0.2) is 8.32 Å². The number of amides is 1.